The van der Waals surface area contributed by atoms with Gasteiger partial charge in [-0.2, -0.15) is 0 Å². The highest BCUT2D eigenvalue weighted by Crippen LogP contribution is 2.15. The fourth-order valence-electron chi connectivity index (χ4n) is 1.23. The quantitative estimate of drug-likeness (QED) is 0.789. The van der Waals surface area contributed by atoms with Crippen LogP contribution in [-0.2, 0) is 19.6 Å². The van der Waals surface area contributed by atoms with Gasteiger partial charge < -0.3 is 9.84 Å². The summed E-state index contributed by atoms with van der Waals surface area (Å²) in [6, 6.07) is 1.94. The SMILES string of the molecule is COC(CNS(=O)(=O)c1ccc(F)cc1F)C(=O)O. The number of carboxylic acid groups (broad SMARTS) is 1. The number of ether oxygens (including phenoxy) is 1. The molecule has 0 aliphatic carbocycles. The van der Waals surface area contributed by atoms with Crippen LogP contribution in [0.15, 0.2) is 23.1 Å². The van der Waals surface area contributed by atoms with E-state index in [9.17, 15) is 22.0 Å². The summed E-state index contributed by atoms with van der Waals surface area (Å²) in [5.41, 5.74) is 0. The molecular weight excluding hydrogens is 284 g/mol. The van der Waals surface area contributed by atoms with Gasteiger partial charge in [-0.15, -0.1) is 0 Å². The molecule has 1 aromatic carbocycles. The highest BCUT2D eigenvalue weighted by Gasteiger charge is 2.23. The standard InChI is InChI=1S/C10H11F2NO5S/c1-18-8(10(14)15)5-13-19(16,17)9-3-2-6(11)4-7(9)12/h2-4,8,13H,5H2,1H3,(H,14,15). The van der Waals surface area contributed by atoms with Crippen LogP contribution in [-0.4, -0.2) is 39.3 Å². The molecule has 0 spiro atoms. The van der Waals surface area contributed by atoms with Gasteiger partial charge in [-0.25, -0.2) is 26.7 Å². The number of hydrogen-bond donors (Lipinski definition) is 2. The van der Waals surface area contributed by atoms with Crippen molar-refractivity contribution in [1.82, 2.24) is 4.72 Å². The molecule has 0 saturated carbocycles. The Hall–Kier alpha value is -1.58. The van der Waals surface area contributed by atoms with Gasteiger partial charge in [-0.3, -0.25) is 0 Å². The van der Waals surface area contributed by atoms with Gasteiger partial charge in [-0.05, 0) is 12.1 Å². The average Bonchev–Trinajstić information content (AvgIpc) is 2.28. The Morgan fingerprint density at radius 3 is 2.58 bits per heavy atom. The maximum absolute atomic E-state index is 13.3. The van der Waals surface area contributed by atoms with E-state index in [1.165, 1.54) is 0 Å². The monoisotopic (exact) mass is 295 g/mol. The fraction of sp³-hybridized carbons (Fsp3) is 0.300. The Labute approximate surface area is 108 Å². The first-order chi connectivity index (χ1) is 8.77. The molecule has 2 N–H and O–H groups in total. The van der Waals surface area contributed by atoms with E-state index in [1.54, 1.807) is 0 Å². The number of aliphatic carboxylic acids is 1. The van der Waals surface area contributed by atoms with E-state index in [0.29, 0.717) is 6.07 Å². The Bertz CT molecular complexity index is 575. The molecule has 0 heterocycles. The first-order valence-corrected chi connectivity index (χ1v) is 6.46. The van der Waals surface area contributed by atoms with Crippen LogP contribution in [0.3, 0.4) is 0 Å². The summed E-state index contributed by atoms with van der Waals surface area (Å²) in [5.74, 6) is -3.56. The molecule has 0 aliphatic rings. The van der Waals surface area contributed by atoms with E-state index in [0.717, 1.165) is 19.2 Å². The third-order valence-corrected chi connectivity index (χ3v) is 3.66. The van der Waals surface area contributed by atoms with Crippen molar-refractivity contribution < 1.29 is 31.8 Å². The third kappa shape index (κ3) is 3.94. The normalized spacial score (nSPS) is 13.2. The van der Waals surface area contributed by atoms with E-state index in [-0.39, 0.29) is 0 Å². The largest absolute Gasteiger partial charge is 0.479 e. The van der Waals surface area contributed by atoms with Crippen molar-refractivity contribution >= 4 is 16.0 Å². The van der Waals surface area contributed by atoms with Crippen molar-refractivity contribution in [1.29, 1.82) is 0 Å². The van der Waals surface area contributed by atoms with E-state index >= 15 is 0 Å². The topological polar surface area (TPSA) is 92.7 Å². The van der Waals surface area contributed by atoms with Gasteiger partial charge in [0, 0.05) is 19.7 Å². The molecule has 0 saturated heterocycles. The van der Waals surface area contributed by atoms with Crippen molar-refractivity contribution in [2.75, 3.05) is 13.7 Å². The summed E-state index contributed by atoms with van der Waals surface area (Å²) >= 11 is 0. The summed E-state index contributed by atoms with van der Waals surface area (Å²) < 4.78 is 55.7. The molecule has 106 valence electrons. The molecule has 6 nitrogen and oxygen atoms in total. The molecule has 19 heavy (non-hydrogen) atoms. The molecular formula is C10H11F2NO5S. The third-order valence-electron chi connectivity index (χ3n) is 2.20. The van der Waals surface area contributed by atoms with Crippen molar-refractivity contribution in [2.24, 2.45) is 0 Å². The van der Waals surface area contributed by atoms with Gasteiger partial charge in [0.2, 0.25) is 10.0 Å². The number of hydrogen-bond acceptors (Lipinski definition) is 4. The van der Waals surface area contributed by atoms with Gasteiger partial charge in [0.15, 0.2) is 6.10 Å². The molecule has 0 radical (unpaired) electrons. The Morgan fingerprint density at radius 1 is 1.47 bits per heavy atom. The van der Waals surface area contributed by atoms with Gasteiger partial charge in [-0.1, -0.05) is 0 Å². The molecule has 0 fully saturated rings. The second-order valence-electron chi connectivity index (χ2n) is 3.49. The molecule has 9 heteroatoms. The van der Waals surface area contributed by atoms with E-state index in [4.69, 9.17) is 5.11 Å². The van der Waals surface area contributed by atoms with Crippen LogP contribution in [0.1, 0.15) is 0 Å². The summed E-state index contributed by atoms with van der Waals surface area (Å²) in [5, 5.41) is 8.65. The summed E-state index contributed by atoms with van der Waals surface area (Å²) in [6.07, 6.45) is -1.40. The number of halogens is 2. The minimum Gasteiger partial charge on any atom is -0.479 e. The molecule has 0 aliphatic heterocycles. The second-order valence-corrected chi connectivity index (χ2v) is 5.22. The number of sulfonamides is 1. The molecule has 1 rings (SSSR count). The number of nitrogens with one attached hydrogen (secondary N) is 1. The number of methoxy groups -OCH3 is 1. The zero-order valence-corrected chi connectivity index (χ0v) is 10.6. The zero-order valence-electron chi connectivity index (χ0n) is 9.76. The number of rotatable bonds is 6. The van der Waals surface area contributed by atoms with Crippen LogP contribution in [0.25, 0.3) is 0 Å². The van der Waals surface area contributed by atoms with E-state index in [1.807, 2.05) is 4.72 Å². The maximum Gasteiger partial charge on any atom is 0.334 e. The summed E-state index contributed by atoms with van der Waals surface area (Å²) in [4.78, 5) is 9.84. The molecule has 0 amide bonds. The highest BCUT2D eigenvalue weighted by atomic mass is 32.2. The number of carboxylic acids is 1. The van der Waals surface area contributed by atoms with Crippen molar-refractivity contribution in [2.45, 2.75) is 11.0 Å². The molecule has 0 bridgehead atoms. The van der Waals surface area contributed by atoms with E-state index < -0.39 is 45.2 Å². The number of benzene rings is 1. The van der Waals surface area contributed by atoms with Gasteiger partial charge >= 0.3 is 5.97 Å². The lowest BCUT2D eigenvalue weighted by Crippen LogP contribution is -2.38. The van der Waals surface area contributed by atoms with Crippen LogP contribution < -0.4 is 4.72 Å². The lowest BCUT2D eigenvalue weighted by Gasteiger charge is -2.12. The lowest BCUT2D eigenvalue weighted by atomic mass is 10.3. The first-order valence-electron chi connectivity index (χ1n) is 4.98. The van der Waals surface area contributed by atoms with Crippen LogP contribution in [0.2, 0.25) is 0 Å². The fourth-order valence-corrected chi connectivity index (χ4v) is 2.32. The second kappa shape index (κ2) is 6.04. The molecule has 0 aromatic heterocycles. The molecule has 1 atom stereocenters. The van der Waals surface area contributed by atoms with Crippen molar-refractivity contribution in [3.8, 4) is 0 Å². The Kier molecular flexibility index (Phi) is 4.92. The average molecular weight is 295 g/mol. The van der Waals surface area contributed by atoms with Crippen LogP contribution in [0, 0.1) is 11.6 Å². The molecule has 1 aromatic rings. The van der Waals surface area contributed by atoms with Gasteiger partial charge in [0.1, 0.15) is 16.5 Å². The Balaban J connectivity index is 2.90. The van der Waals surface area contributed by atoms with Gasteiger partial charge in [0.05, 0.1) is 0 Å². The lowest BCUT2D eigenvalue weighted by molar-refractivity contribution is -0.147. The highest BCUT2D eigenvalue weighted by molar-refractivity contribution is 7.89. The first kappa shape index (κ1) is 15.5. The van der Waals surface area contributed by atoms with Crippen LogP contribution in [0.4, 0.5) is 8.78 Å². The summed E-state index contributed by atoms with van der Waals surface area (Å²) in [7, 11) is -3.19. The van der Waals surface area contributed by atoms with Crippen molar-refractivity contribution in [3.63, 3.8) is 0 Å². The predicted octanol–water partition coefficient (Wildman–Crippen LogP) is 0.343. The van der Waals surface area contributed by atoms with E-state index in [2.05, 4.69) is 4.74 Å². The van der Waals surface area contributed by atoms with Crippen LogP contribution in [0.5, 0.6) is 0 Å². The zero-order chi connectivity index (χ0) is 14.6. The van der Waals surface area contributed by atoms with Gasteiger partial charge in [0.25, 0.3) is 0 Å². The Morgan fingerprint density at radius 2 is 2.11 bits per heavy atom. The maximum atomic E-state index is 13.3. The smallest absolute Gasteiger partial charge is 0.334 e. The number of carbonyl (C=O) groups is 1. The molecule has 1 unspecified atom stereocenters. The summed E-state index contributed by atoms with van der Waals surface area (Å²) in [6.45, 7) is -0.578. The minimum atomic E-state index is -4.28. The van der Waals surface area contributed by atoms with Crippen LogP contribution >= 0.6 is 0 Å². The predicted molar refractivity (Wildman–Crippen MR) is 60.0 cm³/mol. The van der Waals surface area contributed by atoms with Crippen molar-refractivity contribution in [3.05, 3.63) is 29.8 Å². The minimum absolute atomic E-state index is 0.416.